The number of anilines is 1. The Morgan fingerprint density at radius 1 is 1.08 bits per heavy atom. The molecule has 4 aromatic rings. The van der Waals surface area contributed by atoms with Crippen LogP contribution in [-0.2, 0) is 0 Å². The highest BCUT2D eigenvalue weighted by atomic mass is 32.1. The van der Waals surface area contributed by atoms with Crippen molar-refractivity contribution in [3.05, 3.63) is 65.2 Å². The Morgan fingerprint density at radius 3 is 2.79 bits per heavy atom. The molecule has 5 nitrogen and oxygen atoms in total. The lowest BCUT2D eigenvalue weighted by molar-refractivity contribution is 0.0998. The van der Waals surface area contributed by atoms with E-state index in [1.807, 2.05) is 36.5 Å². The summed E-state index contributed by atoms with van der Waals surface area (Å²) in [7, 11) is 0. The molecule has 2 aromatic carbocycles. The van der Waals surface area contributed by atoms with Crippen LogP contribution in [0.2, 0.25) is 0 Å². The smallest absolute Gasteiger partial charge is 0.265 e. The summed E-state index contributed by atoms with van der Waals surface area (Å²) < 4.78 is 0.858. The van der Waals surface area contributed by atoms with Crippen molar-refractivity contribution in [2.45, 2.75) is 0 Å². The van der Waals surface area contributed by atoms with E-state index in [0.29, 0.717) is 10.4 Å². The molecule has 0 saturated carbocycles. The molecule has 2 amide bonds. The van der Waals surface area contributed by atoms with Gasteiger partial charge in [-0.3, -0.25) is 9.59 Å². The molecule has 0 spiro atoms. The molecule has 0 atom stereocenters. The van der Waals surface area contributed by atoms with Gasteiger partial charge in [0.25, 0.3) is 5.91 Å². The van der Waals surface area contributed by atoms with Gasteiger partial charge in [-0.2, -0.15) is 0 Å². The number of aromatic nitrogens is 1. The summed E-state index contributed by atoms with van der Waals surface area (Å²) in [6, 6.07) is 14.6. The second-order valence-electron chi connectivity index (χ2n) is 5.43. The van der Waals surface area contributed by atoms with E-state index in [1.165, 1.54) is 11.3 Å². The number of nitrogens with two attached hydrogens (primary N) is 1. The van der Waals surface area contributed by atoms with E-state index in [0.717, 1.165) is 26.7 Å². The molecule has 4 N–H and O–H groups in total. The number of primary amides is 1. The molecule has 24 heavy (non-hydrogen) atoms. The van der Waals surface area contributed by atoms with Crippen molar-refractivity contribution in [2.24, 2.45) is 5.73 Å². The average Bonchev–Trinajstić information content (AvgIpc) is 3.21. The van der Waals surface area contributed by atoms with Crippen LogP contribution < -0.4 is 11.1 Å². The number of hydrogen-bond donors (Lipinski definition) is 3. The van der Waals surface area contributed by atoms with E-state index in [1.54, 1.807) is 18.2 Å². The van der Waals surface area contributed by atoms with Crippen molar-refractivity contribution >= 4 is 49.8 Å². The van der Waals surface area contributed by atoms with E-state index in [-0.39, 0.29) is 5.91 Å². The molecule has 0 unspecified atom stereocenters. The van der Waals surface area contributed by atoms with E-state index >= 15 is 0 Å². The van der Waals surface area contributed by atoms with Crippen molar-refractivity contribution < 1.29 is 9.59 Å². The fourth-order valence-electron chi connectivity index (χ4n) is 2.67. The van der Waals surface area contributed by atoms with Crippen LogP contribution in [-0.4, -0.2) is 16.8 Å². The summed E-state index contributed by atoms with van der Waals surface area (Å²) in [6.45, 7) is 0. The Kier molecular flexibility index (Phi) is 3.32. The van der Waals surface area contributed by atoms with Crippen LogP contribution in [0.1, 0.15) is 20.0 Å². The van der Waals surface area contributed by atoms with Gasteiger partial charge >= 0.3 is 0 Å². The number of H-pyrrole nitrogens is 1. The SMILES string of the molecule is NC(=O)c1ccc2cc(C(=O)Nc3cccc4[nH]ccc34)sc2c1. The minimum absolute atomic E-state index is 0.175. The first-order valence-electron chi connectivity index (χ1n) is 7.33. The summed E-state index contributed by atoms with van der Waals surface area (Å²) >= 11 is 1.34. The molecule has 118 valence electrons. The van der Waals surface area contributed by atoms with Crippen LogP contribution in [0, 0.1) is 0 Å². The maximum absolute atomic E-state index is 12.6. The Balaban J connectivity index is 1.68. The molecule has 4 rings (SSSR count). The average molecular weight is 335 g/mol. The third-order valence-electron chi connectivity index (χ3n) is 3.87. The van der Waals surface area contributed by atoms with E-state index in [9.17, 15) is 9.59 Å². The number of aromatic amines is 1. The first-order chi connectivity index (χ1) is 11.6. The Labute approximate surface area is 141 Å². The van der Waals surface area contributed by atoms with Crippen molar-refractivity contribution in [3.8, 4) is 0 Å². The third kappa shape index (κ3) is 2.43. The number of rotatable bonds is 3. The highest BCUT2D eigenvalue weighted by Crippen LogP contribution is 2.28. The molecule has 2 heterocycles. The number of amides is 2. The molecule has 0 aliphatic rings. The highest BCUT2D eigenvalue weighted by molar-refractivity contribution is 7.20. The lowest BCUT2D eigenvalue weighted by atomic mass is 10.1. The second-order valence-corrected chi connectivity index (χ2v) is 6.51. The first kappa shape index (κ1) is 14.5. The van der Waals surface area contributed by atoms with Crippen LogP contribution in [0.25, 0.3) is 21.0 Å². The van der Waals surface area contributed by atoms with E-state index < -0.39 is 5.91 Å². The summed E-state index contributed by atoms with van der Waals surface area (Å²) in [4.78, 5) is 27.5. The van der Waals surface area contributed by atoms with Gasteiger partial charge in [0, 0.05) is 27.4 Å². The third-order valence-corrected chi connectivity index (χ3v) is 4.97. The minimum atomic E-state index is -0.476. The lowest BCUT2D eigenvalue weighted by Gasteiger charge is -2.04. The molecular weight excluding hydrogens is 322 g/mol. The predicted octanol–water partition coefficient (Wildman–Crippen LogP) is 3.73. The largest absolute Gasteiger partial charge is 0.366 e. The van der Waals surface area contributed by atoms with Crippen molar-refractivity contribution in [2.75, 3.05) is 5.32 Å². The van der Waals surface area contributed by atoms with Gasteiger partial charge in [0.2, 0.25) is 5.91 Å². The number of fused-ring (bicyclic) bond motifs is 2. The summed E-state index contributed by atoms with van der Waals surface area (Å²) in [5.74, 6) is -0.652. The second kappa shape index (κ2) is 5.50. The highest BCUT2D eigenvalue weighted by Gasteiger charge is 2.13. The normalized spacial score (nSPS) is 11.0. The molecule has 0 radical (unpaired) electrons. The number of hydrogen-bond acceptors (Lipinski definition) is 3. The fourth-order valence-corrected chi connectivity index (χ4v) is 3.67. The summed E-state index contributed by atoms with van der Waals surface area (Å²) in [5.41, 5.74) is 7.46. The van der Waals surface area contributed by atoms with Crippen molar-refractivity contribution in [1.29, 1.82) is 0 Å². The van der Waals surface area contributed by atoms with Crippen LogP contribution in [0.3, 0.4) is 0 Å². The van der Waals surface area contributed by atoms with Gasteiger partial charge in [0.1, 0.15) is 0 Å². The van der Waals surface area contributed by atoms with Gasteiger partial charge in [0.15, 0.2) is 0 Å². The van der Waals surface area contributed by atoms with Crippen LogP contribution >= 0.6 is 11.3 Å². The van der Waals surface area contributed by atoms with E-state index in [4.69, 9.17) is 5.73 Å². The molecule has 6 heteroatoms. The predicted molar refractivity (Wildman–Crippen MR) is 96.6 cm³/mol. The standard InChI is InChI=1S/C18H13N3O2S/c19-17(22)11-5-4-10-8-16(24-15(10)9-11)18(23)21-14-3-1-2-13-12(14)6-7-20-13/h1-9,20H,(H2,19,22)(H,21,23). The zero-order chi connectivity index (χ0) is 16.7. The zero-order valence-electron chi connectivity index (χ0n) is 12.5. The van der Waals surface area contributed by atoms with Gasteiger partial charge in [-0.1, -0.05) is 12.1 Å². The Hall–Kier alpha value is -3.12. The van der Waals surface area contributed by atoms with Gasteiger partial charge in [-0.25, -0.2) is 0 Å². The monoisotopic (exact) mass is 335 g/mol. The molecule has 0 bridgehead atoms. The quantitative estimate of drug-likeness (QED) is 0.532. The maximum atomic E-state index is 12.6. The number of carbonyl (C=O) groups excluding carboxylic acids is 2. The van der Waals surface area contributed by atoms with Gasteiger partial charge in [-0.15, -0.1) is 11.3 Å². The lowest BCUT2D eigenvalue weighted by Crippen LogP contribution is -2.10. The van der Waals surface area contributed by atoms with Crippen LogP contribution in [0.4, 0.5) is 5.69 Å². The molecule has 2 aromatic heterocycles. The number of benzene rings is 2. The minimum Gasteiger partial charge on any atom is -0.366 e. The molecule has 0 aliphatic carbocycles. The Morgan fingerprint density at radius 2 is 1.96 bits per heavy atom. The van der Waals surface area contributed by atoms with Crippen molar-refractivity contribution in [1.82, 2.24) is 4.98 Å². The van der Waals surface area contributed by atoms with Gasteiger partial charge in [0.05, 0.1) is 10.6 Å². The van der Waals surface area contributed by atoms with Crippen molar-refractivity contribution in [3.63, 3.8) is 0 Å². The number of carbonyl (C=O) groups is 2. The number of nitrogens with one attached hydrogen (secondary N) is 2. The summed E-state index contributed by atoms with van der Waals surface area (Å²) in [5, 5.41) is 4.82. The van der Waals surface area contributed by atoms with E-state index in [2.05, 4.69) is 10.3 Å². The molecular formula is C18H13N3O2S. The topological polar surface area (TPSA) is 88.0 Å². The summed E-state index contributed by atoms with van der Waals surface area (Å²) in [6.07, 6.45) is 1.84. The van der Waals surface area contributed by atoms with Crippen LogP contribution in [0.5, 0.6) is 0 Å². The number of thiophene rings is 1. The van der Waals surface area contributed by atoms with Crippen LogP contribution in [0.15, 0.2) is 54.7 Å². The van der Waals surface area contributed by atoms with Gasteiger partial charge < -0.3 is 16.0 Å². The molecule has 0 fully saturated rings. The zero-order valence-corrected chi connectivity index (χ0v) is 13.3. The molecule has 0 aliphatic heterocycles. The fraction of sp³-hybridized carbons (Fsp3) is 0. The first-order valence-corrected chi connectivity index (χ1v) is 8.14. The Bertz CT molecular complexity index is 1090. The maximum Gasteiger partial charge on any atom is 0.265 e. The molecule has 0 saturated heterocycles. The van der Waals surface area contributed by atoms with Gasteiger partial charge in [-0.05, 0) is 41.8 Å².